The lowest BCUT2D eigenvalue weighted by atomic mass is 10.0. The molecule has 8 nitrogen and oxygen atoms in total. The van der Waals surface area contributed by atoms with Gasteiger partial charge in [0.1, 0.15) is 24.2 Å². The Kier molecular flexibility index (Phi) is 11.3. The number of nitrogens with one attached hydrogen (secondary N) is 1. The maximum absolute atomic E-state index is 14.4. The molecular formula is C35H38FN3O5S. The molecule has 0 spiro atoms. The number of para-hydroxylation sites is 1. The average molecular weight is 632 g/mol. The lowest BCUT2D eigenvalue weighted by molar-refractivity contribution is -0.140. The molecule has 0 bridgehead atoms. The lowest BCUT2D eigenvalue weighted by Gasteiger charge is -2.34. The van der Waals surface area contributed by atoms with E-state index < -0.39 is 34.3 Å². The van der Waals surface area contributed by atoms with Gasteiger partial charge in [-0.25, -0.2) is 12.8 Å². The lowest BCUT2D eigenvalue weighted by Crippen LogP contribution is -2.54. The number of benzene rings is 4. The minimum Gasteiger partial charge on any atom is -0.497 e. The van der Waals surface area contributed by atoms with Gasteiger partial charge in [-0.15, -0.1) is 0 Å². The summed E-state index contributed by atoms with van der Waals surface area (Å²) in [6.45, 7) is 3.19. The number of nitrogens with zero attached hydrogens (tertiary/aromatic N) is 2. The molecule has 0 aromatic heterocycles. The summed E-state index contributed by atoms with van der Waals surface area (Å²) in [5, 5.41) is 3.00. The zero-order chi connectivity index (χ0) is 32.4. The van der Waals surface area contributed by atoms with Crippen molar-refractivity contribution in [3.63, 3.8) is 0 Å². The first-order chi connectivity index (χ1) is 21.6. The van der Waals surface area contributed by atoms with Gasteiger partial charge in [-0.1, -0.05) is 67.6 Å². The van der Waals surface area contributed by atoms with Crippen molar-refractivity contribution in [3.05, 3.63) is 126 Å². The third kappa shape index (κ3) is 8.69. The van der Waals surface area contributed by atoms with E-state index in [1.807, 2.05) is 44.2 Å². The van der Waals surface area contributed by atoms with E-state index in [1.54, 1.807) is 42.5 Å². The molecule has 0 aliphatic rings. The fraction of sp³-hybridized carbons (Fsp3) is 0.257. The first-order valence-electron chi connectivity index (χ1n) is 14.7. The number of carbonyl (C=O) groups excluding carboxylic acids is 2. The Hall–Kier alpha value is -4.70. The van der Waals surface area contributed by atoms with Crippen LogP contribution in [0.1, 0.15) is 31.4 Å². The van der Waals surface area contributed by atoms with E-state index in [0.29, 0.717) is 17.7 Å². The average Bonchev–Trinajstić information content (AvgIpc) is 3.06. The first-order valence-corrected chi connectivity index (χ1v) is 16.2. The number of rotatable bonds is 14. The first kappa shape index (κ1) is 33.2. The monoisotopic (exact) mass is 631 g/mol. The molecule has 2 atom stereocenters. The highest BCUT2D eigenvalue weighted by molar-refractivity contribution is 7.92. The molecule has 0 saturated carbocycles. The van der Waals surface area contributed by atoms with Crippen molar-refractivity contribution in [2.45, 2.75) is 50.2 Å². The van der Waals surface area contributed by atoms with Crippen molar-refractivity contribution in [1.29, 1.82) is 0 Å². The molecule has 2 unspecified atom stereocenters. The van der Waals surface area contributed by atoms with Crippen molar-refractivity contribution in [3.8, 4) is 5.75 Å². The molecule has 4 aromatic carbocycles. The zero-order valence-electron chi connectivity index (χ0n) is 25.6. The molecule has 0 aliphatic carbocycles. The van der Waals surface area contributed by atoms with Crippen LogP contribution in [0, 0.1) is 5.82 Å². The van der Waals surface area contributed by atoms with Crippen LogP contribution in [0.4, 0.5) is 10.1 Å². The summed E-state index contributed by atoms with van der Waals surface area (Å²) in [6, 6.07) is 28.1. The van der Waals surface area contributed by atoms with Crippen molar-refractivity contribution in [2.24, 2.45) is 0 Å². The number of anilines is 1. The van der Waals surface area contributed by atoms with E-state index in [-0.39, 0.29) is 35.5 Å². The number of carbonyl (C=O) groups is 2. The second-order valence-corrected chi connectivity index (χ2v) is 12.6. The Morgan fingerprint density at radius 3 is 2.02 bits per heavy atom. The van der Waals surface area contributed by atoms with Crippen LogP contribution < -0.4 is 14.4 Å². The van der Waals surface area contributed by atoms with Gasteiger partial charge in [0.25, 0.3) is 10.0 Å². The van der Waals surface area contributed by atoms with Crippen LogP contribution in [0.5, 0.6) is 5.75 Å². The molecule has 0 aliphatic heterocycles. The van der Waals surface area contributed by atoms with Gasteiger partial charge in [-0.05, 0) is 73.0 Å². The molecule has 4 rings (SSSR count). The van der Waals surface area contributed by atoms with E-state index in [1.165, 1.54) is 48.4 Å². The van der Waals surface area contributed by atoms with Crippen LogP contribution in [0.15, 0.2) is 114 Å². The Labute approximate surface area is 264 Å². The molecule has 45 heavy (non-hydrogen) atoms. The van der Waals surface area contributed by atoms with Crippen LogP contribution >= 0.6 is 0 Å². The molecule has 0 radical (unpaired) electrons. The van der Waals surface area contributed by atoms with E-state index in [0.717, 1.165) is 9.87 Å². The highest BCUT2D eigenvalue weighted by atomic mass is 32.2. The number of amides is 2. The van der Waals surface area contributed by atoms with Crippen molar-refractivity contribution in [2.75, 3.05) is 18.0 Å². The highest BCUT2D eigenvalue weighted by Gasteiger charge is 2.35. The summed E-state index contributed by atoms with van der Waals surface area (Å²) in [7, 11) is -2.75. The Balaban J connectivity index is 1.78. The number of halogens is 1. The summed E-state index contributed by atoms with van der Waals surface area (Å²) in [5.41, 5.74) is 1.69. The second kappa shape index (κ2) is 15.3. The fourth-order valence-electron chi connectivity index (χ4n) is 4.78. The normalized spacial score (nSPS) is 12.5. The van der Waals surface area contributed by atoms with Gasteiger partial charge in [0.2, 0.25) is 11.8 Å². The maximum atomic E-state index is 14.4. The van der Waals surface area contributed by atoms with Gasteiger partial charge in [0.05, 0.1) is 17.7 Å². The summed E-state index contributed by atoms with van der Waals surface area (Å²) in [4.78, 5) is 29.6. The number of sulfonamides is 1. The van der Waals surface area contributed by atoms with E-state index in [4.69, 9.17) is 4.74 Å². The van der Waals surface area contributed by atoms with Gasteiger partial charge >= 0.3 is 0 Å². The van der Waals surface area contributed by atoms with Crippen LogP contribution in [0.2, 0.25) is 0 Å². The van der Waals surface area contributed by atoms with E-state index in [2.05, 4.69) is 5.32 Å². The second-order valence-electron chi connectivity index (χ2n) is 10.7. The fourth-order valence-corrected chi connectivity index (χ4v) is 6.19. The third-order valence-corrected chi connectivity index (χ3v) is 9.30. The largest absolute Gasteiger partial charge is 0.497 e. The van der Waals surface area contributed by atoms with Crippen LogP contribution in [0.3, 0.4) is 0 Å². The topological polar surface area (TPSA) is 96.0 Å². The third-order valence-electron chi connectivity index (χ3n) is 7.51. The maximum Gasteiger partial charge on any atom is 0.264 e. The van der Waals surface area contributed by atoms with Crippen molar-refractivity contribution >= 4 is 27.5 Å². The summed E-state index contributed by atoms with van der Waals surface area (Å²) in [6.07, 6.45) is 0.865. The predicted molar refractivity (Wildman–Crippen MR) is 173 cm³/mol. The predicted octanol–water partition coefficient (Wildman–Crippen LogP) is 5.58. The number of hydrogen-bond donors (Lipinski definition) is 1. The molecule has 0 saturated heterocycles. The molecule has 10 heteroatoms. The minimum absolute atomic E-state index is 0.0274. The van der Waals surface area contributed by atoms with Gasteiger partial charge in [-0.2, -0.15) is 0 Å². The number of hydrogen-bond acceptors (Lipinski definition) is 5. The molecule has 0 heterocycles. The van der Waals surface area contributed by atoms with Gasteiger partial charge in [0.15, 0.2) is 0 Å². The highest BCUT2D eigenvalue weighted by Crippen LogP contribution is 2.26. The molecule has 4 aromatic rings. The number of ether oxygens (including phenoxy) is 1. The Bertz CT molecular complexity index is 1650. The van der Waals surface area contributed by atoms with Gasteiger partial charge in [0, 0.05) is 19.0 Å². The minimum atomic E-state index is -4.23. The van der Waals surface area contributed by atoms with Gasteiger partial charge in [-0.3, -0.25) is 13.9 Å². The van der Waals surface area contributed by atoms with Crippen LogP contribution in [-0.2, 0) is 32.6 Å². The van der Waals surface area contributed by atoms with Crippen LogP contribution in [-0.4, -0.2) is 50.9 Å². The SMILES string of the molecule is CCC(C)NC(=O)C(Cc1ccccc1)N(Cc1ccc(F)cc1)C(=O)CN(c1ccccc1)S(=O)(=O)c1ccc(OC)cc1. The summed E-state index contributed by atoms with van der Waals surface area (Å²) >= 11 is 0. The zero-order valence-corrected chi connectivity index (χ0v) is 26.4. The van der Waals surface area contributed by atoms with Crippen molar-refractivity contribution < 1.29 is 27.1 Å². The summed E-state index contributed by atoms with van der Waals surface area (Å²) < 4.78 is 48.2. The smallest absolute Gasteiger partial charge is 0.264 e. The Morgan fingerprint density at radius 1 is 0.844 bits per heavy atom. The van der Waals surface area contributed by atoms with E-state index >= 15 is 0 Å². The molecule has 1 N–H and O–H groups in total. The van der Waals surface area contributed by atoms with E-state index in [9.17, 15) is 22.4 Å². The quantitative estimate of drug-likeness (QED) is 0.196. The summed E-state index contributed by atoms with van der Waals surface area (Å²) in [5.74, 6) is -0.918. The van der Waals surface area contributed by atoms with Crippen LogP contribution in [0.25, 0.3) is 0 Å². The molecule has 2 amide bonds. The standard InChI is InChI=1S/C35H38FN3O5S/c1-4-26(2)37-35(41)33(23-27-11-7-5-8-12-27)38(24-28-15-17-29(36)18-16-28)34(40)25-39(30-13-9-6-10-14-30)45(42,43)32-21-19-31(44-3)20-22-32/h5-22,26,33H,4,23-25H2,1-3H3,(H,37,41). The van der Waals surface area contributed by atoms with Gasteiger partial charge < -0.3 is 15.0 Å². The number of methoxy groups -OCH3 is 1. The molecule has 0 fully saturated rings. The molecule has 236 valence electrons. The Morgan fingerprint density at radius 2 is 1.44 bits per heavy atom. The van der Waals surface area contributed by atoms with Crippen molar-refractivity contribution in [1.82, 2.24) is 10.2 Å². The molecular weight excluding hydrogens is 593 g/mol.